The summed E-state index contributed by atoms with van der Waals surface area (Å²) < 4.78 is 0. The first-order valence-electron chi connectivity index (χ1n) is 11.5. The third kappa shape index (κ3) is 6.79. The fourth-order valence-corrected chi connectivity index (χ4v) is 4.09. The molecule has 4 N–H and O–H groups in total. The Morgan fingerprint density at radius 1 is 1.09 bits per heavy atom. The third-order valence-corrected chi connectivity index (χ3v) is 5.89. The number of nitrogens with one attached hydrogen (secondary N) is 2. The van der Waals surface area contributed by atoms with Crippen molar-refractivity contribution < 1.29 is 19.8 Å². The molecule has 0 aliphatic carbocycles. The van der Waals surface area contributed by atoms with Crippen LogP contribution in [0.15, 0.2) is 73.4 Å². The van der Waals surface area contributed by atoms with E-state index in [1.807, 2.05) is 60.8 Å². The first-order chi connectivity index (χ1) is 16.5. The van der Waals surface area contributed by atoms with Crippen molar-refractivity contribution in [2.75, 3.05) is 19.8 Å². The molecule has 1 aromatic heterocycles. The number of amides is 2. The summed E-state index contributed by atoms with van der Waals surface area (Å²) in [6.07, 6.45) is 4.31. The molecule has 180 valence electrons. The maximum absolute atomic E-state index is 13.1. The van der Waals surface area contributed by atoms with Gasteiger partial charge in [0.2, 0.25) is 11.8 Å². The van der Waals surface area contributed by atoms with Crippen LogP contribution in [0.1, 0.15) is 24.0 Å². The van der Waals surface area contributed by atoms with Gasteiger partial charge in [-0.1, -0.05) is 54.6 Å². The van der Waals surface area contributed by atoms with Gasteiger partial charge in [0.25, 0.3) is 0 Å². The molecule has 2 amide bonds. The number of carbonyl (C=O) groups excluding carboxylic acids is 2. The third-order valence-electron chi connectivity index (χ3n) is 5.89. The summed E-state index contributed by atoms with van der Waals surface area (Å²) in [5.74, 6) is -1.12. The molecule has 1 heterocycles. The van der Waals surface area contributed by atoms with Crippen molar-refractivity contribution in [3.8, 4) is 0 Å². The number of hydrogen-bond donors (Lipinski definition) is 4. The Morgan fingerprint density at radius 3 is 2.53 bits per heavy atom. The van der Waals surface area contributed by atoms with Crippen molar-refractivity contribution in [2.24, 2.45) is 5.92 Å². The number of nitrogens with zero attached hydrogens (tertiary/aromatic N) is 1. The Hall–Kier alpha value is -3.42. The summed E-state index contributed by atoms with van der Waals surface area (Å²) in [4.78, 5) is 30.9. The van der Waals surface area contributed by atoms with Gasteiger partial charge in [-0.3, -0.25) is 9.59 Å². The average molecular weight is 464 g/mol. The fraction of sp³-hybridized carbons (Fsp3) is 0.333. The SMILES string of the molecule is C=CCC(CC(=O)N(CCO)Cc1ccccc1)C(=O)NC(CO)Cc1c[nH]c2ccccc12. The van der Waals surface area contributed by atoms with E-state index in [4.69, 9.17) is 0 Å². The lowest BCUT2D eigenvalue weighted by Crippen LogP contribution is -2.44. The Balaban J connectivity index is 1.65. The summed E-state index contributed by atoms with van der Waals surface area (Å²) >= 11 is 0. The molecule has 3 aromatic rings. The minimum atomic E-state index is -0.612. The number of aromatic nitrogens is 1. The van der Waals surface area contributed by atoms with Gasteiger partial charge in [0.15, 0.2) is 0 Å². The van der Waals surface area contributed by atoms with Gasteiger partial charge in [-0.05, 0) is 30.0 Å². The van der Waals surface area contributed by atoms with Crippen molar-refractivity contribution in [3.63, 3.8) is 0 Å². The molecule has 0 bridgehead atoms. The molecular weight excluding hydrogens is 430 g/mol. The second kappa shape index (κ2) is 12.7. The van der Waals surface area contributed by atoms with Crippen LogP contribution in [0.2, 0.25) is 0 Å². The molecule has 0 saturated carbocycles. The fourth-order valence-electron chi connectivity index (χ4n) is 4.09. The molecule has 0 spiro atoms. The van der Waals surface area contributed by atoms with Crippen LogP contribution >= 0.6 is 0 Å². The number of fused-ring (bicyclic) bond motifs is 1. The number of rotatable bonds is 13. The summed E-state index contributed by atoms with van der Waals surface area (Å²) in [5.41, 5.74) is 2.95. The Labute approximate surface area is 200 Å². The predicted molar refractivity (Wildman–Crippen MR) is 133 cm³/mol. The highest BCUT2D eigenvalue weighted by molar-refractivity contribution is 5.86. The van der Waals surface area contributed by atoms with E-state index in [1.54, 1.807) is 11.0 Å². The lowest BCUT2D eigenvalue weighted by atomic mass is 9.97. The highest BCUT2D eigenvalue weighted by Gasteiger charge is 2.26. The molecule has 0 saturated heterocycles. The van der Waals surface area contributed by atoms with Gasteiger partial charge in [0.05, 0.1) is 25.2 Å². The van der Waals surface area contributed by atoms with Crippen molar-refractivity contribution >= 4 is 22.7 Å². The zero-order chi connectivity index (χ0) is 24.3. The molecule has 2 unspecified atom stereocenters. The zero-order valence-electron chi connectivity index (χ0n) is 19.3. The maximum atomic E-state index is 13.1. The monoisotopic (exact) mass is 463 g/mol. The summed E-state index contributed by atoms with van der Waals surface area (Å²) in [5, 5.41) is 23.3. The molecule has 2 aromatic carbocycles. The van der Waals surface area contributed by atoms with Crippen LogP contribution in [0.5, 0.6) is 0 Å². The number of hydrogen-bond acceptors (Lipinski definition) is 4. The van der Waals surface area contributed by atoms with Gasteiger partial charge in [-0.2, -0.15) is 0 Å². The number of aliphatic hydroxyl groups excluding tert-OH is 2. The molecule has 7 nitrogen and oxygen atoms in total. The summed E-state index contributed by atoms with van der Waals surface area (Å²) in [6.45, 7) is 3.91. The van der Waals surface area contributed by atoms with Gasteiger partial charge in [0, 0.05) is 36.6 Å². The van der Waals surface area contributed by atoms with Crippen LogP contribution < -0.4 is 5.32 Å². The van der Waals surface area contributed by atoms with Crippen LogP contribution in [0.3, 0.4) is 0 Å². The first-order valence-corrected chi connectivity index (χ1v) is 11.5. The number of H-pyrrole nitrogens is 1. The second-order valence-corrected chi connectivity index (χ2v) is 8.40. The Morgan fingerprint density at radius 2 is 1.82 bits per heavy atom. The highest BCUT2D eigenvalue weighted by atomic mass is 16.3. The molecule has 0 aliphatic rings. The van der Waals surface area contributed by atoms with E-state index in [2.05, 4.69) is 16.9 Å². The van der Waals surface area contributed by atoms with Crippen molar-refractivity contribution in [2.45, 2.75) is 31.8 Å². The number of para-hydroxylation sites is 1. The molecule has 0 fully saturated rings. The van der Waals surface area contributed by atoms with Crippen molar-refractivity contribution in [1.82, 2.24) is 15.2 Å². The molecule has 7 heteroatoms. The maximum Gasteiger partial charge on any atom is 0.224 e. The number of carbonyl (C=O) groups is 2. The summed E-state index contributed by atoms with van der Waals surface area (Å²) in [6, 6.07) is 16.9. The van der Waals surface area contributed by atoms with Crippen LogP contribution in [-0.2, 0) is 22.6 Å². The molecule has 2 atom stereocenters. The second-order valence-electron chi connectivity index (χ2n) is 8.40. The lowest BCUT2D eigenvalue weighted by molar-refractivity contribution is -0.137. The van der Waals surface area contributed by atoms with Gasteiger partial charge >= 0.3 is 0 Å². The lowest BCUT2D eigenvalue weighted by Gasteiger charge is -2.25. The molecule has 34 heavy (non-hydrogen) atoms. The number of allylic oxidation sites excluding steroid dienone is 1. The number of benzene rings is 2. The molecule has 0 radical (unpaired) electrons. The van der Waals surface area contributed by atoms with E-state index < -0.39 is 12.0 Å². The Kier molecular flexibility index (Phi) is 9.43. The topological polar surface area (TPSA) is 106 Å². The van der Waals surface area contributed by atoms with Crippen LogP contribution in [0.25, 0.3) is 10.9 Å². The minimum absolute atomic E-state index is 0.00405. The number of aliphatic hydroxyl groups is 2. The van der Waals surface area contributed by atoms with E-state index >= 15 is 0 Å². The van der Waals surface area contributed by atoms with Crippen LogP contribution in [-0.4, -0.2) is 57.7 Å². The first kappa shape index (κ1) is 25.2. The van der Waals surface area contributed by atoms with E-state index in [9.17, 15) is 19.8 Å². The highest BCUT2D eigenvalue weighted by Crippen LogP contribution is 2.20. The van der Waals surface area contributed by atoms with Crippen molar-refractivity contribution in [1.29, 1.82) is 0 Å². The van der Waals surface area contributed by atoms with E-state index in [0.29, 0.717) is 19.4 Å². The van der Waals surface area contributed by atoms with Gasteiger partial charge < -0.3 is 25.4 Å². The average Bonchev–Trinajstić information content (AvgIpc) is 3.26. The quantitative estimate of drug-likeness (QED) is 0.293. The predicted octanol–water partition coefficient (Wildman–Crippen LogP) is 2.79. The van der Waals surface area contributed by atoms with Crippen molar-refractivity contribution in [3.05, 3.63) is 84.6 Å². The largest absolute Gasteiger partial charge is 0.395 e. The standard InChI is InChI=1S/C27H33N3O4/c1-2-8-21(16-26(33)30(13-14-31)18-20-9-4-3-5-10-20)27(34)29-23(19-32)15-22-17-28-25-12-7-6-11-24(22)25/h2-7,9-12,17,21,23,28,31-32H,1,8,13-16,18-19H2,(H,29,34). The minimum Gasteiger partial charge on any atom is -0.395 e. The molecule has 3 rings (SSSR count). The molecule has 0 aliphatic heterocycles. The Bertz CT molecular complexity index is 1080. The van der Waals surface area contributed by atoms with Gasteiger partial charge in [-0.25, -0.2) is 0 Å². The number of aromatic amines is 1. The smallest absolute Gasteiger partial charge is 0.224 e. The van der Waals surface area contributed by atoms with Gasteiger partial charge in [-0.15, -0.1) is 6.58 Å². The zero-order valence-corrected chi connectivity index (χ0v) is 19.3. The van der Waals surface area contributed by atoms with Crippen LogP contribution in [0, 0.1) is 5.92 Å². The van der Waals surface area contributed by atoms with Crippen LogP contribution in [0.4, 0.5) is 0 Å². The summed E-state index contributed by atoms with van der Waals surface area (Å²) in [7, 11) is 0. The van der Waals surface area contributed by atoms with E-state index in [-0.39, 0.29) is 38.0 Å². The normalized spacial score (nSPS) is 12.8. The van der Waals surface area contributed by atoms with Gasteiger partial charge in [0.1, 0.15) is 0 Å². The van der Waals surface area contributed by atoms with E-state index in [0.717, 1.165) is 22.0 Å². The van der Waals surface area contributed by atoms with E-state index in [1.165, 1.54) is 0 Å². The molecular formula is C27H33N3O4.